The fraction of sp³-hybridized carbons (Fsp3) is 0.273. The Morgan fingerprint density at radius 2 is 2.33 bits per heavy atom. The van der Waals surface area contributed by atoms with Crippen molar-refractivity contribution in [3.63, 3.8) is 0 Å². The second-order valence-electron chi connectivity index (χ2n) is 3.31. The molecule has 0 N–H and O–H groups in total. The van der Waals surface area contributed by atoms with Crippen LogP contribution in [0.15, 0.2) is 28.9 Å². The van der Waals surface area contributed by atoms with Crippen molar-refractivity contribution >= 4 is 5.78 Å². The second-order valence-corrected chi connectivity index (χ2v) is 3.31. The van der Waals surface area contributed by atoms with Gasteiger partial charge in [-0.25, -0.2) is 4.98 Å². The molecule has 78 valence electrons. The predicted octanol–water partition coefficient (Wildman–Crippen LogP) is 1.81. The van der Waals surface area contributed by atoms with Crippen molar-refractivity contribution in [3.05, 3.63) is 41.9 Å². The van der Waals surface area contributed by atoms with Crippen LogP contribution in [0, 0.1) is 0 Å². The van der Waals surface area contributed by atoms with E-state index in [-0.39, 0.29) is 5.78 Å². The van der Waals surface area contributed by atoms with Gasteiger partial charge in [-0.2, -0.15) is 0 Å². The number of carbonyl (C=O) groups is 1. The van der Waals surface area contributed by atoms with Crippen LogP contribution in [0.25, 0.3) is 0 Å². The first kappa shape index (κ1) is 9.71. The van der Waals surface area contributed by atoms with Gasteiger partial charge in [0.2, 0.25) is 0 Å². The van der Waals surface area contributed by atoms with Gasteiger partial charge >= 0.3 is 0 Å². The molecule has 4 heteroatoms. The fourth-order valence-corrected chi connectivity index (χ4v) is 1.38. The molecule has 0 radical (unpaired) electrons. The molecular formula is C11H12N2O2. The van der Waals surface area contributed by atoms with Gasteiger partial charge in [-0.15, -0.1) is 0 Å². The molecule has 0 unspecified atom stereocenters. The Morgan fingerprint density at radius 1 is 1.53 bits per heavy atom. The summed E-state index contributed by atoms with van der Waals surface area (Å²) >= 11 is 0. The van der Waals surface area contributed by atoms with Gasteiger partial charge in [0.15, 0.2) is 11.6 Å². The highest BCUT2D eigenvalue weighted by molar-refractivity contribution is 6.04. The van der Waals surface area contributed by atoms with Gasteiger partial charge in [-0.3, -0.25) is 4.79 Å². The zero-order chi connectivity index (χ0) is 10.8. The van der Waals surface area contributed by atoms with E-state index in [2.05, 4.69) is 4.98 Å². The monoisotopic (exact) mass is 204 g/mol. The molecular weight excluding hydrogens is 192 g/mol. The highest BCUT2D eigenvalue weighted by Crippen LogP contribution is 2.12. The molecule has 0 fully saturated rings. The van der Waals surface area contributed by atoms with Crippen LogP contribution in [-0.4, -0.2) is 15.3 Å². The number of ketones is 1. The summed E-state index contributed by atoms with van der Waals surface area (Å²) in [6.45, 7) is 1.98. The summed E-state index contributed by atoms with van der Waals surface area (Å²) in [6.07, 6.45) is 4.11. The highest BCUT2D eigenvalue weighted by Gasteiger charge is 2.16. The number of furan rings is 1. The van der Waals surface area contributed by atoms with Crippen LogP contribution < -0.4 is 0 Å². The van der Waals surface area contributed by atoms with Gasteiger partial charge in [0.05, 0.1) is 0 Å². The molecule has 0 saturated carbocycles. The Bertz CT molecular complexity index is 482. The summed E-state index contributed by atoms with van der Waals surface area (Å²) < 4.78 is 7.05. The Morgan fingerprint density at radius 3 is 2.87 bits per heavy atom. The van der Waals surface area contributed by atoms with Crippen LogP contribution in [-0.2, 0) is 13.5 Å². The van der Waals surface area contributed by atoms with Crippen molar-refractivity contribution < 1.29 is 9.21 Å². The molecule has 4 nitrogen and oxygen atoms in total. The SMILES string of the molecule is CCc1ccc(C(=O)c2nccn2C)o1. The molecule has 0 amide bonds. The van der Waals surface area contributed by atoms with Crippen LogP contribution >= 0.6 is 0 Å². The Labute approximate surface area is 87.5 Å². The largest absolute Gasteiger partial charge is 0.457 e. The van der Waals surface area contributed by atoms with Crippen molar-refractivity contribution in [2.24, 2.45) is 7.05 Å². The van der Waals surface area contributed by atoms with Gasteiger partial charge in [-0.1, -0.05) is 6.92 Å². The second kappa shape index (κ2) is 3.73. The highest BCUT2D eigenvalue weighted by atomic mass is 16.3. The number of aromatic nitrogens is 2. The first-order valence-electron chi connectivity index (χ1n) is 4.83. The molecule has 2 heterocycles. The number of aryl methyl sites for hydroxylation is 2. The van der Waals surface area contributed by atoms with Gasteiger partial charge in [-0.05, 0) is 12.1 Å². The predicted molar refractivity (Wildman–Crippen MR) is 54.7 cm³/mol. The number of hydrogen-bond donors (Lipinski definition) is 0. The summed E-state index contributed by atoms with van der Waals surface area (Å²) in [6, 6.07) is 3.51. The maximum atomic E-state index is 11.9. The first-order chi connectivity index (χ1) is 7.22. The summed E-state index contributed by atoms with van der Waals surface area (Å²) in [5.74, 6) is 1.38. The van der Waals surface area contributed by atoms with Gasteiger partial charge in [0.1, 0.15) is 5.76 Å². The van der Waals surface area contributed by atoms with Crippen molar-refractivity contribution in [2.75, 3.05) is 0 Å². The molecule has 0 bridgehead atoms. The van der Waals surface area contributed by atoms with E-state index in [0.29, 0.717) is 11.6 Å². The summed E-state index contributed by atoms with van der Waals surface area (Å²) in [5.41, 5.74) is 0. The lowest BCUT2D eigenvalue weighted by Gasteiger charge is -1.97. The number of carbonyl (C=O) groups excluding carboxylic acids is 1. The summed E-state index contributed by atoms with van der Waals surface area (Å²) in [7, 11) is 1.78. The topological polar surface area (TPSA) is 48.0 Å². The molecule has 15 heavy (non-hydrogen) atoms. The van der Waals surface area contributed by atoms with E-state index in [4.69, 9.17) is 4.42 Å². The molecule has 2 rings (SSSR count). The van der Waals surface area contributed by atoms with E-state index in [1.165, 1.54) is 0 Å². The van der Waals surface area contributed by atoms with Crippen LogP contribution in [0.2, 0.25) is 0 Å². The molecule has 0 saturated heterocycles. The molecule has 0 spiro atoms. The minimum absolute atomic E-state index is 0.179. The lowest BCUT2D eigenvalue weighted by molar-refractivity contribution is 0.0995. The van der Waals surface area contributed by atoms with Crippen LogP contribution in [0.4, 0.5) is 0 Å². The third kappa shape index (κ3) is 1.70. The van der Waals surface area contributed by atoms with E-state index in [0.717, 1.165) is 12.2 Å². The zero-order valence-corrected chi connectivity index (χ0v) is 8.73. The Hall–Kier alpha value is -1.84. The molecule has 0 aliphatic carbocycles. The van der Waals surface area contributed by atoms with Crippen molar-refractivity contribution in [3.8, 4) is 0 Å². The van der Waals surface area contributed by atoms with E-state index in [9.17, 15) is 4.79 Å². The maximum absolute atomic E-state index is 11.9. The van der Waals surface area contributed by atoms with Crippen molar-refractivity contribution in [2.45, 2.75) is 13.3 Å². The first-order valence-corrected chi connectivity index (χ1v) is 4.83. The summed E-state index contributed by atoms with van der Waals surface area (Å²) in [5, 5.41) is 0. The zero-order valence-electron chi connectivity index (χ0n) is 8.73. The van der Waals surface area contributed by atoms with Crippen LogP contribution in [0.3, 0.4) is 0 Å². The average molecular weight is 204 g/mol. The molecule has 0 aliphatic rings. The lowest BCUT2D eigenvalue weighted by atomic mass is 10.3. The molecule has 0 aliphatic heterocycles. The summed E-state index contributed by atoms with van der Waals surface area (Å²) in [4.78, 5) is 15.9. The normalized spacial score (nSPS) is 10.5. The van der Waals surface area contributed by atoms with Crippen LogP contribution in [0.5, 0.6) is 0 Å². The Kier molecular flexibility index (Phi) is 2.41. The van der Waals surface area contributed by atoms with E-state index in [1.54, 1.807) is 30.1 Å². The number of nitrogens with zero attached hydrogens (tertiary/aromatic N) is 2. The lowest BCUT2D eigenvalue weighted by Crippen LogP contribution is -2.07. The number of hydrogen-bond acceptors (Lipinski definition) is 3. The van der Waals surface area contributed by atoms with Gasteiger partial charge < -0.3 is 8.98 Å². The quantitative estimate of drug-likeness (QED) is 0.716. The molecule has 2 aromatic rings. The number of imidazole rings is 1. The van der Waals surface area contributed by atoms with Gasteiger partial charge in [0.25, 0.3) is 5.78 Å². The van der Waals surface area contributed by atoms with E-state index >= 15 is 0 Å². The minimum atomic E-state index is -0.179. The molecule has 0 aromatic carbocycles. The standard InChI is InChI=1S/C11H12N2O2/c1-3-8-4-5-9(15-8)10(14)11-12-6-7-13(11)2/h4-7H,3H2,1-2H3. The van der Waals surface area contributed by atoms with Crippen molar-refractivity contribution in [1.29, 1.82) is 0 Å². The maximum Gasteiger partial charge on any atom is 0.263 e. The van der Waals surface area contributed by atoms with Gasteiger partial charge in [0, 0.05) is 25.9 Å². The smallest absolute Gasteiger partial charge is 0.263 e. The third-order valence-electron chi connectivity index (χ3n) is 2.26. The van der Waals surface area contributed by atoms with Crippen LogP contribution in [0.1, 0.15) is 29.1 Å². The third-order valence-corrected chi connectivity index (χ3v) is 2.26. The molecule has 0 atom stereocenters. The van der Waals surface area contributed by atoms with Crippen molar-refractivity contribution in [1.82, 2.24) is 9.55 Å². The molecule has 2 aromatic heterocycles. The van der Waals surface area contributed by atoms with E-state index in [1.807, 2.05) is 13.0 Å². The van der Waals surface area contributed by atoms with E-state index < -0.39 is 0 Å². The Balaban J connectivity index is 2.32. The average Bonchev–Trinajstić information content (AvgIpc) is 2.84. The minimum Gasteiger partial charge on any atom is -0.457 e. The number of rotatable bonds is 3. The fourth-order valence-electron chi connectivity index (χ4n) is 1.38.